The average Bonchev–Trinajstić information content (AvgIpc) is 3.89. The molecule has 4 heterocycles. The number of fused-ring (bicyclic) bond motifs is 6. The predicted octanol–water partition coefficient (Wildman–Crippen LogP) is 12.5. The Morgan fingerprint density at radius 1 is 0.544 bits per heavy atom. The minimum atomic E-state index is 0.00223. The Bertz CT molecular complexity index is 2950. The zero-order chi connectivity index (χ0) is 38.8. The van der Waals surface area contributed by atoms with Crippen LogP contribution in [0.15, 0.2) is 164 Å². The van der Waals surface area contributed by atoms with E-state index in [1.54, 1.807) is 0 Å². The van der Waals surface area contributed by atoms with Crippen LogP contribution in [0.5, 0.6) is 11.5 Å². The molecule has 0 spiro atoms. The first-order valence-electron chi connectivity index (χ1n) is 19.5. The summed E-state index contributed by atoms with van der Waals surface area (Å²) in [6.07, 6.45) is 1.89. The van der Waals surface area contributed by atoms with E-state index in [4.69, 9.17) is 9.72 Å². The van der Waals surface area contributed by atoms with E-state index in [-0.39, 0.29) is 5.41 Å². The third-order valence-corrected chi connectivity index (χ3v) is 11.1. The summed E-state index contributed by atoms with van der Waals surface area (Å²) in [5.74, 6) is 2.37. The Morgan fingerprint density at radius 3 is 1.98 bits per heavy atom. The summed E-state index contributed by atoms with van der Waals surface area (Å²) in [6.45, 7) is 7.54. The van der Waals surface area contributed by atoms with Crippen LogP contribution < -0.4 is 19.4 Å². The molecule has 7 nitrogen and oxygen atoms in total. The van der Waals surface area contributed by atoms with Crippen LogP contribution in [-0.2, 0) is 5.41 Å². The molecule has 0 bridgehead atoms. The monoisotopic (exact) mass is 744 g/mol. The molecule has 280 valence electrons. The summed E-state index contributed by atoms with van der Waals surface area (Å²) < 4.78 is 11.5. The fourth-order valence-electron chi connectivity index (χ4n) is 8.50. The van der Waals surface area contributed by atoms with Gasteiger partial charge in [-0.2, -0.15) is 0 Å². The summed E-state index contributed by atoms with van der Waals surface area (Å²) in [6, 6.07) is 55.8. The van der Waals surface area contributed by atoms with Crippen LogP contribution in [0.4, 0.5) is 28.4 Å². The molecule has 7 heteroatoms. The van der Waals surface area contributed by atoms with Gasteiger partial charge in [-0.25, -0.2) is 4.98 Å². The summed E-state index contributed by atoms with van der Waals surface area (Å²) >= 11 is 0. The zero-order valence-corrected chi connectivity index (χ0v) is 32.9. The largest absolute Gasteiger partial charge is 0.457 e. The highest BCUT2D eigenvalue weighted by atomic mass is 16.5. The molecule has 9 aromatic rings. The van der Waals surface area contributed by atoms with E-state index in [0.717, 1.165) is 67.2 Å². The second-order valence-electron chi connectivity index (χ2n) is 16.0. The third-order valence-electron chi connectivity index (χ3n) is 11.1. The molecule has 0 unspecified atom stereocenters. The Hall–Kier alpha value is -6.99. The molecule has 1 aliphatic heterocycles. The van der Waals surface area contributed by atoms with E-state index < -0.39 is 0 Å². The summed E-state index contributed by atoms with van der Waals surface area (Å²) in [7, 11) is 4.12. The second-order valence-corrected chi connectivity index (χ2v) is 16.0. The Labute approximate surface area is 333 Å². The van der Waals surface area contributed by atoms with Gasteiger partial charge in [-0.15, -0.1) is 0 Å². The molecule has 10 rings (SSSR count). The molecule has 0 atom stereocenters. The van der Waals surface area contributed by atoms with Gasteiger partial charge in [-0.3, -0.25) is 4.57 Å². The van der Waals surface area contributed by atoms with Gasteiger partial charge in [-0.05, 0) is 77.7 Å². The van der Waals surface area contributed by atoms with Crippen molar-refractivity contribution in [2.75, 3.05) is 35.5 Å². The molecule has 0 saturated carbocycles. The van der Waals surface area contributed by atoms with Crippen LogP contribution in [0, 0.1) is 0 Å². The van der Waals surface area contributed by atoms with Crippen molar-refractivity contribution in [2.45, 2.75) is 26.2 Å². The Morgan fingerprint density at radius 2 is 1.19 bits per heavy atom. The van der Waals surface area contributed by atoms with Crippen molar-refractivity contribution >= 4 is 61.3 Å². The minimum Gasteiger partial charge on any atom is -0.457 e. The zero-order valence-electron chi connectivity index (χ0n) is 32.9. The number of nitrogens with zero attached hydrogens (tertiary/aromatic N) is 6. The van der Waals surface area contributed by atoms with E-state index in [0.29, 0.717) is 6.67 Å². The number of ether oxygens (including phenoxy) is 1. The molecular formula is C50H44N6O. The fraction of sp³-hybridized carbons (Fsp3) is 0.140. The highest BCUT2D eigenvalue weighted by molar-refractivity contribution is 6.20. The maximum Gasteiger partial charge on any atom is 0.139 e. The number of pyridine rings is 1. The molecule has 0 amide bonds. The number of aromatic nitrogens is 3. The summed E-state index contributed by atoms with van der Waals surface area (Å²) in [5.41, 5.74) is 12.6. The van der Waals surface area contributed by atoms with Crippen LogP contribution in [0.3, 0.4) is 0 Å². The standard InChI is InChI=1S/C50H44N6O/c1-50(2,3)41-21-10-12-23-43(41)54-33-53(44-24-13-14-25-45(44)54)36-18-15-19-37(30-36)57-38-26-27-40-46(32-38)56(47-31-35(52(4)5)28-29-51-47)49-39-20-9-11-22-42(39)55(48(40)49)34-16-7-6-8-17-34/h6-32H,33H2,1-5H3. The third kappa shape index (κ3) is 5.77. The maximum atomic E-state index is 6.79. The first kappa shape index (κ1) is 34.5. The Kier molecular flexibility index (Phi) is 8.08. The lowest BCUT2D eigenvalue weighted by Crippen LogP contribution is -2.26. The smallest absolute Gasteiger partial charge is 0.139 e. The number of para-hydroxylation sites is 5. The van der Waals surface area contributed by atoms with Gasteiger partial charge in [0.15, 0.2) is 0 Å². The lowest BCUT2D eigenvalue weighted by molar-refractivity contribution is 0.483. The lowest BCUT2D eigenvalue weighted by Gasteiger charge is -2.29. The van der Waals surface area contributed by atoms with Gasteiger partial charge in [0.1, 0.15) is 24.0 Å². The molecule has 3 aromatic heterocycles. The normalized spacial score (nSPS) is 12.9. The molecule has 0 radical (unpaired) electrons. The fourth-order valence-corrected chi connectivity index (χ4v) is 8.50. The SMILES string of the molecule is CN(C)c1ccnc(-n2c3cc(Oc4cccc(N5CN(c6ccccc6C(C)(C)C)c6ccccc65)c4)ccc3c3c2c2ccccc2n3-c2ccccc2)c1. The number of anilines is 5. The molecule has 0 aliphatic carbocycles. The van der Waals surface area contributed by atoms with Crippen LogP contribution in [-0.4, -0.2) is 34.9 Å². The molecule has 1 aliphatic rings. The van der Waals surface area contributed by atoms with Crippen molar-refractivity contribution in [3.8, 4) is 23.0 Å². The first-order valence-corrected chi connectivity index (χ1v) is 19.5. The van der Waals surface area contributed by atoms with E-state index in [2.05, 4.69) is 204 Å². The van der Waals surface area contributed by atoms with Crippen molar-refractivity contribution < 1.29 is 4.74 Å². The first-order chi connectivity index (χ1) is 27.7. The summed E-state index contributed by atoms with van der Waals surface area (Å²) in [5, 5.41) is 2.28. The number of hydrogen-bond donors (Lipinski definition) is 0. The van der Waals surface area contributed by atoms with Crippen LogP contribution >= 0.6 is 0 Å². The number of rotatable bonds is 7. The number of benzene rings is 6. The van der Waals surface area contributed by atoms with Gasteiger partial charge >= 0.3 is 0 Å². The van der Waals surface area contributed by atoms with Crippen molar-refractivity contribution in [1.29, 1.82) is 0 Å². The number of hydrogen-bond acceptors (Lipinski definition) is 5. The lowest BCUT2D eigenvalue weighted by atomic mass is 9.85. The molecule has 0 fully saturated rings. The van der Waals surface area contributed by atoms with Gasteiger partial charge in [0.25, 0.3) is 0 Å². The van der Waals surface area contributed by atoms with E-state index >= 15 is 0 Å². The van der Waals surface area contributed by atoms with Crippen molar-refractivity contribution in [1.82, 2.24) is 14.1 Å². The quantitative estimate of drug-likeness (QED) is 0.163. The molecule has 6 aromatic carbocycles. The second kappa shape index (κ2) is 13.3. The van der Waals surface area contributed by atoms with E-state index in [1.165, 1.54) is 22.6 Å². The molecule has 0 N–H and O–H groups in total. The molecular weight excluding hydrogens is 701 g/mol. The van der Waals surface area contributed by atoms with Crippen LogP contribution in [0.2, 0.25) is 0 Å². The molecule has 57 heavy (non-hydrogen) atoms. The Balaban J connectivity index is 1.09. The van der Waals surface area contributed by atoms with Crippen molar-refractivity contribution in [3.05, 3.63) is 169 Å². The van der Waals surface area contributed by atoms with Gasteiger partial charge in [0.05, 0.1) is 33.4 Å². The summed E-state index contributed by atoms with van der Waals surface area (Å²) in [4.78, 5) is 11.9. The van der Waals surface area contributed by atoms with Gasteiger partial charge < -0.3 is 24.0 Å². The van der Waals surface area contributed by atoms with Crippen LogP contribution in [0.25, 0.3) is 44.3 Å². The predicted molar refractivity (Wildman–Crippen MR) is 237 cm³/mol. The topological polar surface area (TPSA) is 41.7 Å². The van der Waals surface area contributed by atoms with Gasteiger partial charge in [-0.1, -0.05) is 93.6 Å². The highest BCUT2D eigenvalue weighted by Gasteiger charge is 2.31. The molecule has 0 saturated heterocycles. The average molecular weight is 745 g/mol. The van der Waals surface area contributed by atoms with E-state index in [1.807, 2.05) is 18.3 Å². The maximum absolute atomic E-state index is 6.79. The van der Waals surface area contributed by atoms with Gasteiger partial charge in [0.2, 0.25) is 0 Å². The van der Waals surface area contributed by atoms with Gasteiger partial charge in [0, 0.05) is 72.0 Å². The van der Waals surface area contributed by atoms with Crippen molar-refractivity contribution in [2.24, 2.45) is 0 Å². The van der Waals surface area contributed by atoms with E-state index in [9.17, 15) is 0 Å². The van der Waals surface area contributed by atoms with Crippen molar-refractivity contribution in [3.63, 3.8) is 0 Å². The van der Waals surface area contributed by atoms with Crippen LogP contribution in [0.1, 0.15) is 26.3 Å². The minimum absolute atomic E-state index is 0.00223. The highest BCUT2D eigenvalue weighted by Crippen LogP contribution is 2.47.